The lowest BCUT2D eigenvalue weighted by Crippen LogP contribution is -2.02. The van der Waals surface area contributed by atoms with Gasteiger partial charge in [-0.25, -0.2) is 9.37 Å². The molecule has 2 aromatic rings. The second kappa shape index (κ2) is 4.97. The number of aromatic nitrogens is 1. The first-order chi connectivity index (χ1) is 8.24. The zero-order chi connectivity index (χ0) is 12.3. The summed E-state index contributed by atoms with van der Waals surface area (Å²) in [4.78, 5) is 4.06. The Kier molecular flexibility index (Phi) is 3.39. The van der Waals surface area contributed by atoms with Gasteiger partial charge in [-0.15, -0.1) is 0 Å². The number of methoxy groups -OCH3 is 1. The molecule has 0 saturated carbocycles. The van der Waals surface area contributed by atoms with E-state index in [-0.39, 0.29) is 5.82 Å². The monoisotopic (exact) mass is 236 g/mol. The van der Waals surface area contributed by atoms with E-state index >= 15 is 0 Å². The smallest absolute Gasteiger partial charge is 0.196 e. The predicted octanol–water partition coefficient (Wildman–Crippen LogP) is 1.99. The van der Waals surface area contributed by atoms with Gasteiger partial charge in [0.2, 0.25) is 0 Å². The van der Waals surface area contributed by atoms with E-state index in [4.69, 9.17) is 14.9 Å². The molecule has 0 radical (unpaired) electrons. The Morgan fingerprint density at radius 3 is 3.00 bits per heavy atom. The lowest BCUT2D eigenvalue weighted by Gasteiger charge is -2.05. The van der Waals surface area contributed by atoms with Gasteiger partial charge in [0.25, 0.3) is 0 Å². The molecule has 0 unspecified atom stereocenters. The highest BCUT2D eigenvalue weighted by atomic mass is 19.1. The van der Waals surface area contributed by atoms with Crippen molar-refractivity contribution in [3.05, 3.63) is 36.1 Å². The Hall–Kier alpha value is -1.88. The van der Waals surface area contributed by atoms with Crippen LogP contribution in [0.1, 0.15) is 5.89 Å². The van der Waals surface area contributed by atoms with Gasteiger partial charge in [-0.1, -0.05) is 0 Å². The van der Waals surface area contributed by atoms with Gasteiger partial charge in [-0.3, -0.25) is 0 Å². The minimum absolute atomic E-state index is 0.349. The largest absolute Gasteiger partial charge is 0.496 e. The molecule has 90 valence electrons. The van der Waals surface area contributed by atoms with E-state index < -0.39 is 0 Å². The standard InChI is InChI=1S/C12H13FN2O2/c1-16-10-3-2-8(13)6-9(10)11-7-15-12(17-11)4-5-14/h2-3,6-7H,4-5,14H2,1H3. The SMILES string of the molecule is COc1ccc(F)cc1-c1cnc(CCN)o1. The van der Waals surface area contributed by atoms with Crippen LogP contribution in [0, 0.1) is 5.82 Å². The van der Waals surface area contributed by atoms with E-state index in [0.717, 1.165) is 0 Å². The van der Waals surface area contributed by atoms with Gasteiger partial charge in [0.15, 0.2) is 11.7 Å². The molecule has 2 N–H and O–H groups in total. The summed E-state index contributed by atoms with van der Waals surface area (Å²) in [6.07, 6.45) is 2.10. The van der Waals surface area contributed by atoms with Crippen LogP contribution in [0.2, 0.25) is 0 Å². The van der Waals surface area contributed by atoms with Crippen molar-refractivity contribution >= 4 is 0 Å². The number of hydrogen-bond donors (Lipinski definition) is 1. The molecule has 0 atom stereocenters. The third kappa shape index (κ3) is 2.45. The van der Waals surface area contributed by atoms with Crippen LogP contribution in [0.15, 0.2) is 28.8 Å². The third-order valence-electron chi connectivity index (χ3n) is 2.34. The lowest BCUT2D eigenvalue weighted by molar-refractivity contribution is 0.412. The molecule has 1 aromatic heterocycles. The maximum Gasteiger partial charge on any atom is 0.196 e. The summed E-state index contributed by atoms with van der Waals surface area (Å²) in [5, 5.41) is 0. The summed E-state index contributed by atoms with van der Waals surface area (Å²) in [5.74, 6) is 1.21. The topological polar surface area (TPSA) is 61.3 Å². The highest BCUT2D eigenvalue weighted by Gasteiger charge is 2.12. The second-order valence-electron chi connectivity index (χ2n) is 3.50. The molecule has 4 nitrogen and oxygen atoms in total. The van der Waals surface area contributed by atoms with Crippen molar-refractivity contribution in [3.8, 4) is 17.1 Å². The number of nitrogens with zero attached hydrogens (tertiary/aromatic N) is 1. The highest BCUT2D eigenvalue weighted by Crippen LogP contribution is 2.30. The van der Waals surface area contributed by atoms with Gasteiger partial charge < -0.3 is 14.9 Å². The van der Waals surface area contributed by atoms with Crippen LogP contribution in [0.4, 0.5) is 4.39 Å². The normalized spacial score (nSPS) is 10.5. The predicted molar refractivity (Wildman–Crippen MR) is 61.2 cm³/mol. The number of benzene rings is 1. The van der Waals surface area contributed by atoms with E-state index in [1.165, 1.54) is 19.2 Å². The molecule has 0 bridgehead atoms. The van der Waals surface area contributed by atoms with E-state index in [1.807, 2.05) is 0 Å². The average molecular weight is 236 g/mol. The van der Waals surface area contributed by atoms with Gasteiger partial charge in [0.1, 0.15) is 11.6 Å². The molecule has 0 amide bonds. The summed E-state index contributed by atoms with van der Waals surface area (Å²) in [6, 6.07) is 4.24. The number of hydrogen-bond acceptors (Lipinski definition) is 4. The van der Waals surface area contributed by atoms with E-state index in [9.17, 15) is 4.39 Å². The molecular formula is C12H13FN2O2. The molecule has 1 aromatic carbocycles. The average Bonchev–Trinajstić information content (AvgIpc) is 2.78. The minimum Gasteiger partial charge on any atom is -0.496 e. The highest BCUT2D eigenvalue weighted by molar-refractivity contribution is 5.65. The van der Waals surface area contributed by atoms with Gasteiger partial charge >= 0.3 is 0 Å². The zero-order valence-electron chi connectivity index (χ0n) is 9.44. The summed E-state index contributed by atoms with van der Waals surface area (Å²) >= 11 is 0. The van der Waals surface area contributed by atoms with Crippen LogP contribution in [0.25, 0.3) is 11.3 Å². The Labute approximate surface area is 98.2 Å². The van der Waals surface area contributed by atoms with Crippen molar-refractivity contribution in [2.75, 3.05) is 13.7 Å². The van der Waals surface area contributed by atoms with Crippen LogP contribution in [0.3, 0.4) is 0 Å². The van der Waals surface area contributed by atoms with Crippen LogP contribution >= 0.6 is 0 Å². The molecule has 5 heteroatoms. The fraction of sp³-hybridized carbons (Fsp3) is 0.250. The number of rotatable bonds is 4. The molecule has 0 aliphatic heterocycles. The first kappa shape index (κ1) is 11.6. The summed E-state index contributed by atoms with van der Waals surface area (Å²) in [5.41, 5.74) is 5.95. The van der Waals surface area contributed by atoms with Crippen molar-refractivity contribution in [1.29, 1.82) is 0 Å². The van der Waals surface area contributed by atoms with Crippen LogP contribution in [-0.2, 0) is 6.42 Å². The van der Waals surface area contributed by atoms with Gasteiger partial charge in [0.05, 0.1) is 18.9 Å². The molecular weight excluding hydrogens is 223 g/mol. The molecule has 0 saturated heterocycles. The van der Waals surface area contributed by atoms with Crippen LogP contribution in [-0.4, -0.2) is 18.6 Å². The Morgan fingerprint density at radius 1 is 1.47 bits per heavy atom. The molecule has 0 aliphatic carbocycles. The van der Waals surface area contributed by atoms with Crippen molar-refractivity contribution in [3.63, 3.8) is 0 Å². The number of oxazole rings is 1. The van der Waals surface area contributed by atoms with Crippen LogP contribution in [0.5, 0.6) is 5.75 Å². The fourth-order valence-electron chi connectivity index (χ4n) is 1.55. The third-order valence-corrected chi connectivity index (χ3v) is 2.34. The van der Waals surface area contributed by atoms with E-state index in [2.05, 4.69) is 4.98 Å². The molecule has 1 heterocycles. The van der Waals surface area contributed by atoms with Gasteiger partial charge in [-0.05, 0) is 18.2 Å². The van der Waals surface area contributed by atoms with Crippen molar-refractivity contribution < 1.29 is 13.5 Å². The number of nitrogens with two attached hydrogens (primary N) is 1. The second-order valence-corrected chi connectivity index (χ2v) is 3.50. The molecule has 0 spiro atoms. The molecule has 2 rings (SSSR count). The Morgan fingerprint density at radius 2 is 2.29 bits per heavy atom. The zero-order valence-corrected chi connectivity index (χ0v) is 9.44. The Balaban J connectivity index is 2.40. The molecule has 17 heavy (non-hydrogen) atoms. The summed E-state index contributed by atoms with van der Waals surface area (Å²) < 4.78 is 23.8. The minimum atomic E-state index is -0.349. The maximum absolute atomic E-state index is 13.2. The van der Waals surface area contributed by atoms with Crippen molar-refractivity contribution in [1.82, 2.24) is 4.98 Å². The van der Waals surface area contributed by atoms with E-state index in [1.54, 1.807) is 12.3 Å². The van der Waals surface area contributed by atoms with Crippen molar-refractivity contribution in [2.45, 2.75) is 6.42 Å². The fourth-order valence-corrected chi connectivity index (χ4v) is 1.55. The first-order valence-electron chi connectivity index (χ1n) is 5.23. The van der Waals surface area contributed by atoms with Crippen LogP contribution < -0.4 is 10.5 Å². The lowest BCUT2D eigenvalue weighted by atomic mass is 10.1. The maximum atomic E-state index is 13.2. The Bertz CT molecular complexity index is 511. The summed E-state index contributed by atoms with van der Waals surface area (Å²) in [7, 11) is 1.52. The number of ether oxygens (including phenoxy) is 1. The molecule has 0 fully saturated rings. The van der Waals surface area contributed by atoms with E-state index in [0.29, 0.717) is 35.9 Å². The van der Waals surface area contributed by atoms with Gasteiger partial charge in [0, 0.05) is 13.0 Å². The summed E-state index contributed by atoms with van der Waals surface area (Å²) in [6.45, 7) is 0.459. The quantitative estimate of drug-likeness (QED) is 0.881. The molecule has 0 aliphatic rings. The van der Waals surface area contributed by atoms with Gasteiger partial charge in [-0.2, -0.15) is 0 Å². The number of halogens is 1. The first-order valence-corrected chi connectivity index (χ1v) is 5.23. The van der Waals surface area contributed by atoms with Crippen molar-refractivity contribution in [2.24, 2.45) is 5.73 Å².